The molecule has 0 saturated carbocycles. The molecule has 150 valence electrons. The quantitative estimate of drug-likeness (QED) is 0.445. The first-order valence-corrected chi connectivity index (χ1v) is 8.76. The molecule has 7 nitrogen and oxygen atoms in total. The van der Waals surface area contributed by atoms with Gasteiger partial charge in [-0.1, -0.05) is 0 Å². The number of nitriles is 1. The molecule has 0 unspecified atom stereocenters. The number of nitrogens with zero attached hydrogens (tertiary/aromatic N) is 2. The Morgan fingerprint density at radius 3 is 2.66 bits per heavy atom. The van der Waals surface area contributed by atoms with Crippen LogP contribution in [0.1, 0.15) is 22.8 Å². The third-order valence-corrected chi connectivity index (χ3v) is 4.27. The molecule has 0 aliphatic rings. The fraction of sp³-hybridized carbons (Fsp3) is 0.238. The molecule has 0 saturated heterocycles. The van der Waals surface area contributed by atoms with E-state index in [1.807, 2.05) is 0 Å². The third-order valence-electron chi connectivity index (χ3n) is 4.27. The van der Waals surface area contributed by atoms with E-state index in [2.05, 4.69) is 6.07 Å². The van der Waals surface area contributed by atoms with Crippen molar-refractivity contribution in [2.75, 3.05) is 27.6 Å². The zero-order valence-electron chi connectivity index (χ0n) is 16.2. The summed E-state index contributed by atoms with van der Waals surface area (Å²) in [5.74, 6) is -0.787. The Kier molecular flexibility index (Phi) is 6.00. The highest BCUT2D eigenvalue weighted by Crippen LogP contribution is 2.32. The van der Waals surface area contributed by atoms with Crippen molar-refractivity contribution in [3.8, 4) is 23.3 Å². The number of hydrogen-bond donors (Lipinski definition) is 0. The lowest BCUT2D eigenvalue weighted by atomic mass is 10.1. The molecule has 2 aromatic carbocycles. The number of carbonyl (C=O) groups is 1. The molecule has 0 bridgehead atoms. The van der Waals surface area contributed by atoms with Crippen LogP contribution in [-0.2, 0) is 9.47 Å². The molecular weight excluding hydrogens is 379 g/mol. The summed E-state index contributed by atoms with van der Waals surface area (Å²) >= 11 is 0. The summed E-state index contributed by atoms with van der Waals surface area (Å²) in [6.07, 6.45) is 1.59. The van der Waals surface area contributed by atoms with E-state index in [9.17, 15) is 14.4 Å². The Labute approximate surface area is 166 Å². The number of hydrogen-bond acceptors (Lipinski definition) is 6. The zero-order valence-corrected chi connectivity index (χ0v) is 16.2. The molecule has 1 aromatic heterocycles. The molecule has 8 heteroatoms. The largest absolute Gasteiger partial charge is 0.494 e. The number of rotatable bonds is 7. The number of halogens is 1. The second kappa shape index (κ2) is 8.63. The van der Waals surface area contributed by atoms with E-state index in [0.29, 0.717) is 22.2 Å². The smallest absolute Gasteiger partial charge is 0.341 e. The molecular formula is C21H19FN2O5. The lowest BCUT2D eigenvalue weighted by Crippen LogP contribution is -2.10. The molecule has 0 atom stereocenters. The summed E-state index contributed by atoms with van der Waals surface area (Å²) in [4.78, 5) is 12.2. The molecule has 0 N–H and O–H groups in total. The number of benzene rings is 2. The molecule has 1 heterocycles. The fourth-order valence-corrected chi connectivity index (χ4v) is 2.97. The van der Waals surface area contributed by atoms with Crippen LogP contribution < -0.4 is 9.47 Å². The van der Waals surface area contributed by atoms with Crippen LogP contribution in [0.2, 0.25) is 0 Å². The van der Waals surface area contributed by atoms with E-state index in [4.69, 9.17) is 18.9 Å². The maximum absolute atomic E-state index is 14.3. The van der Waals surface area contributed by atoms with Crippen LogP contribution in [0, 0.1) is 17.1 Å². The first-order valence-electron chi connectivity index (χ1n) is 8.76. The van der Waals surface area contributed by atoms with Gasteiger partial charge in [-0.15, -0.1) is 0 Å². The number of esters is 1. The van der Waals surface area contributed by atoms with Crippen LogP contribution in [0.4, 0.5) is 4.39 Å². The molecule has 0 radical (unpaired) electrons. The van der Waals surface area contributed by atoms with Crippen LogP contribution in [0.15, 0.2) is 36.5 Å². The van der Waals surface area contributed by atoms with Crippen molar-refractivity contribution in [3.63, 3.8) is 0 Å². The Bertz CT molecular complexity index is 1100. The first-order chi connectivity index (χ1) is 14.0. The number of carbonyl (C=O) groups excluding carboxylic acids is 1. The molecule has 0 aliphatic carbocycles. The second-order valence-corrected chi connectivity index (χ2v) is 5.98. The predicted octanol–water partition coefficient (Wildman–Crippen LogP) is 3.81. The SMILES string of the molecule is CCOC(=O)c1ccc(-n2cc(C#N)c3cc(OC)c(F)cc32)cc1OCOC. The van der Waals surface area contributed by atoms with Crippen LogP contribution in [-0.4, -0.2) is 38.2 Å². The van der Waals surface area contributed by atoms with Gasteiger partial charge in [-0.2, -0.15) is 5.26 Å². The number of ether oxygens (including phenoxy) is 4. The van der Waals surface area contributed by atoms with E-state index in [1.165, 1.54) is 26.4 Å². The van der Waals surface area contributed by atoms with Gasteiger partial charge in [0, 0.05) is 36.5 Å². The number of aromatic nitrogens is 1. The maximum Gasteiger partial charge on any atom is 0.341 e. The first kappa shape index (κ1) is 20.2. The minimum Gasteiger partial charge on any atom is -0.494 e. The van der Waals surface area contributed by atoms with Crippen molar-refractivity contribution >= 4 is 16.9 Å². The summed E-state index contributed by atoms with van der Waals surface area (Å²) in [6.45, 7) is 1.86. The van der Waals surface area contributed by atoms with Gasteiger partial charge in [0.1, 0.15) is 17.4 Å². The molecule has 29 heavy (non-hydrogen) atoms. The minimum absolute atomic E-state index is 0.0496. The van der Waals surface area contributed by atoms with Gasteiger partial charge in [-0.05, 0) is 25.1 Å². The minimum atomic E-state index is -0.553. The van der Waals surface area contributed by atoms with Crippen LogP contribution in [0.5, 0.6) is 11.5 Å². The van der Waals surface area contributed by atoms with Crippen LogP contribution >= 0.6 is 0 Å². The molecule has 0 spiro atoms. The van der Waals surface area contributed by atoms with Crippen molar-refractivity contribution < 1.29 is 28.1 Å². The number of methoxy groups -OCH3 is 2. The van der Waals surface area contributed by atoms with E-state index < -0.39 is 11.8 Å². The van der Waals surface area contributed by atoms with Gasteiger partial charge in [-0.3, -0.25) is 0 Å². The van der Waals surface area contributed by atoms with E-state index >= 15 is 0 Å². The van der Waals surface area contributed by atoms with Gasteiger partial charge in [0.05, 0.1) is 24.8 Å². The average molecular weight is 398 g/mol. The molecule has 0 aliphatic heterocycles. The van der Waals surface area contributed by atoms with Crippen LogP contribution in [0.25, 0.3) is 16.6 Å². The summed E-state index contributed by atoms with van der Waals surface area (Å²) in [7, 11) is 2.82. The van der Waals surface area contributed by atoms with Gasteiger partial charge in [-0.25, -0.2) is 9.18 Å². The number of fused-ring (bicyclic) bond motifs is 1. The lowest BCUT2D eigenvalue weighted by molar-refractivity contribution is 0.0438. The van der Waals surface area contributed by atoms with Crippen molar-refractivity contribution in [2.45, 2.75) is 6.92 Å². The molecule has 3 rings (SSSR count). The Balaban J connectivity index is 2.17. The van der Waals surface area contributed by atoms with Gasteiger partial charge in [0.25, 0.3) is 0 Å². The summed E-state index contributed by atoms with van der Waals surface area (Å²) in [5.41, 5.74) is 1.63. The van der Waals surface area contributed by atoms with Crippen LogP contribution in [0.3, 0.4) is 0 Å². The molecule has 0 fully saturated rings. The lowest BCUT2D eigenvalue weighted by Gasteiger charge is -2.13. The van der Waals surface area contributed by atoms with Gasteiger partial charge in [0.15, 0.2) is 18.4 Å². The van der Waals surface area contributed by atoms with Gasteiger partial charge >= 0.3 is 5.97 Å². The van der Waals surface area contributed by atoms with Crippen molar-refractivity contribution in [2.24, 2.45) is 0 Å². The zero-order chi connectivity index (χ0) is 21.0. The Hall–Kier alpha value is -3.57. The standard InChI is InChI=1S/C21H19FN2O5/c1-4-28-21(25)15-6-5-14(7-19(15)29-12-26-2)24-11-13(10-23)16-8-20(27-3)17(22)9-18(16)24/h5-9,11H,4,12H2,1-3H3. The second-order valence-electron chi connectivity index (χ2n) is 5.98. The fourth-order valence-electron chi connectivity index (χ4n) is 2.97. The van der Waals surface area contributed by atoms with E-state index in [-0.39, 0.29) is 30.5 Å². The van der Waals surface area contributed by atoms with Crippen molar-refractivity contribution in [3.05, 3.63) is 53.5 Å². The van der Waals surface area contributed by atoms with E-state index in [0.717, 1.165) is 0 Å². The highest BCUT2D eigenvalue weighted by Gasteiger charge is 2.18. The topological polar surface area (TPSA) is 82.7 Å². The van der Waals surface area contributed by atoms with Crippen molar-refractivity contribution in [1.29, 1.82) is 5.26 Å². The van der Waals surface area contributed by atoms with Gasteiger partial charge < -0.3 is 23.5 Å². The summed E-state index contributed by atoms with van der Waals surface area (Å²) in [5, 5.41) is 10.0. The Morgan fingerprint density at radius 1 is 1.21 bits per heavy atom. The monoisotopic (exact) mass is 398 g/mol. The Morgan fingerprint density at radius 2 is 2.00 bits per heavy atom. The predicted molar refractivity (Wildman–Crippen MR) is 103 cm³/mol. The summed E-state index contributed by atoms with van der Waals surface area (Å²) in [6, 6.07) is 9.70. The normalized spacial score (nSPS) is 10.6. The maximum atomic E-state index is 14.3. The highest BCUT2D eigenvalue weighted by atomic mass is 19.1. The summed E-state index contributed by atoms with van der Waals surface area (Å²) < 4.78 is 36.5. The third kappa shape index (κ3) is 3.86. The average Bonchev–Trinajstić information content (AvgIpc) is 3.08. The van der Waals surface area contributed by atoms with Gasteiger partial charge in [0.2, 0.25) is 0 Å². The van der Waals surface area contributed by atoms with E-state index in [1.54, 1.807) is 35.9 Å². The molecule has 0 amide bonds. The molecule has 3 aromatic rings. The van der Waals surface area contributed by atoms with Crippen molar-refractivity contribution in [1.82, 2.24) is 4.57 Å². The highest BCUT2D eigenvalue weighted by molar-refractivity contribution is 5.93.